The third-order valence-electron chi connectivity index (χ3n) is 2.37. The Hall–Kier alpha value is -0.830. The maximum Gasteiger partial charge on any atom is 0.249 e. The lowest BCUT2D eigenvalue weighted by Crippen LogP contribution is -2.41. The van der Waals surface area contributed by atoms with Gasteiger partial charge in [0, 0.05) is 12.6 Å². The number of carbonyl (C=O) groups excluding carboxylic acids is 1. The Bertz CT molecular complexity index is 203. The van der Waals surface area contributed by atoms with E-state index in [1.807, 2.05) is 13.8 Å². The van der Waals surface area contributed by atoms with Crippen LogP contribution < -0.4 is 5.32 Å². The van der Waals surface area contributed by atoms with Crippen LogP contribution in [0.25, 0.3) is 0 Å². The van der Waals surface area contributed by atoms with Gasteiger partial charge in [-0.1, -0.05) is 13.0 Å². The Kier molecular flexibility index (Phi) is 3.48. The van der Waals surface area contributed by atoms with E-state index in [4.69, 9.17) is 4.74 Å². The van der Waals surface area contributed by atoms with Gasteiger partial charge in [-0.2, -0.15) is 0 Å². The third-order valence-corrected chi connectivity index (χ3v) is 2.37. The molecule has 1 rings (SSSR count). The molecule has 0 saturated carbocycles. The van der Waals surface area contributed by atoms with E-state index in [9.17, 15) is 4.79 Å². The minimum absolute atomic E-state index is 0.0163. The smallest absolute Gasteiger partial charge is 0.249 e. The van der Waals surface area contributed by atoms with E-state index < -0.39 is 0 Å². The van der Waals surface area contributed by atoms with Gasteiger partial charge in [0.05, 0.1) is 0 Å². The number of nitrogens with one attached hydrogen (secondary N) is 1. The highest BCUT2D eigenvalue weighted by Crippen LogP contribution is 2.19. The van der Waals surface area contributed by atoms with Crippen molar-refractivity contribution >= 4 is 5.91 Å². The number of hydrogen-bond acceptors (Lipinski definition) is 2. The topological polar surface area (TPSA) is 38.3 Å². The van der Waals surface area contributed by atoms with E-state index in [1.54, 1.807) is 6.08 Å². The minimum Gasteiger partial charge on any atom is -0.368 e. The van der Waals surface area contributed by atoms with Crippen molar-refractivity contribution in [3.8, 4) is 0 Å². The molecule has 3 atom stereocenters. The van der Waals surface area contributed by atoms with E-state index in [0.717, 1.165) is 6.42 Å². The zero-order valence-corrected chi connectivity index (χ0v) is 8.25. The molecule has 1 amide bonds. The monoisotopic (exact) mass is 183 g/mol. The first-order chi connectivity index (χ1) is 6.15. The van der Waals surface area contributed by atoms with Crippen molar-refractivity contribution in [1.29, 1.82) is 0 Å². The number of rotatable bonds is 3. The molecule has 1 saturated heterocycles. The number of amides is 1. The lowest BCUT2D eigenvalue weighted by atomic mass is 10.0. The van der Waals surface area contributed by atoms with Gasteiger partial charge in [0.2, 0.25) is 5.91 Å². The zero-order chi connectivity index (χ0) is 9.84. The van der Waals surface area contributed by atoms with Crippen LogP contribution in [0.1, 0.15) is 20.3 Å². The summed E-state index contributed by atoms with van der Waals surface area (Å²) in [6.45, 7) is 8.23. The summed E-state index contributed by atoms with van der Waals surface area (Å²) >= 11 is 0. The average molecular weight is 183 g/mol. The predicted molar refractivity (Wildman–Crippen MR) is 51.3 cm³/mol. The van der Waals surface area contributed by atoms with Gasteiger partial charge < -0.3 is 10.1 Å². The first kappa shape index (κ1) is 10.3. The lowest BCUT2D eigenvalue weighted by molar-refractivity contribution is -0.131. The molecule has 0 aromatic heterocycles. The summed E-state index contributed by atoms with van der Waals surface area (Å²) < 4.78 is 5.33. The maximum atomic E-state index is 11.5. The van der Waals surface area contributed by atoms with Gasteiger partial charge in [0.25, 0.3) is 0 Å². The molecule has 3 heteroatoms. The van der Waals surface area contributed by atoms with E-state index in [2.05, 4.69) is 11.9 Å². The molecular weight excluding hydrogens is 166 g/mol. The van der Waals surface area contributed by atoms with Crippen molar-refractivity contribution in [3.63, 3.8) is 0 Å². The quantitative estimate of drug-likeness (QED) is 0.665. The molecule has 0 aliphatic carbocycles. The second kappa shape index (κ2) is 4.42. The highest BCUT2D eigenvalue weighted by Gasteiger charge is 2.30. The molecule has 0 aromatic rings. The first-order valence-electron chi connectivity index (χ1n) is 4.69. The predicted octanol–water partition coefficient (Wildman–Crippen LogP) is 1.10. The summed E-state index contributed by atoms with van der Waals surface area (Å²) in [6.07, 6.45) is 2.42. The van der Waals surface area contributed by atoms with Crippen molar-refractivity contribution in [3.05, 3.63) is 12.7 Å². The minimum atomic E-state index is -0.262. The van der Waals surface area contributed by atoms with E-state index in [-0.39, 0.29) is 18.1 Å². The van der Waals surface area contributed by atoms with Gasteiger partial charge >= 0.3 is 0 Å². The zero-order valence-electron chi connectivity index (χ0n) is 8.25. The van der Waals surface area contributed by atoms with E-state index in [1.165, 1.54) is 0 Å². The fraction of sp³-hybridized carbons (Fsp3) is 0.700. The first-order valence-corrected chi connectivity index (χ1v) is 4.69. The Labute approximate surface area is 79.2 Å². The summed E-state index contributed by atoms with van der Waals surface area (Å²) in [5, 5.41) is 2.82. The largest absolute Gasteiger partial charge is 0.368 e. The number of ether oxygens (including phenoxy) is 1. The molecule has 0 radical (unpaired) electrons. The van der Waals surface area contributed by atoms with Crippen molar-refractivity contribution in [2.75, 3.05) is 6.61 Å². The SMILES string of the molecule is C=CC(C)NC(=O)C1OCCC1C. The standard InChI is InChI=1S/C10H17NO2/c1-4-8(3)11-10(12)9-7(2)5-6-13-9/h4,7-9H,1,5-6H2,2-3H3,(H,11,12). The second-order valence-electron chi connectivity index (χ2n) is 3.59. The van der Waals surface area contributed by atoms with Crippen molar-refractivity contribution in [2.45, 2.75) is 32.4 Å². The molecule has 3 unspecified atom stereocenters. The van der Waals surface area contributed by atoms with Crippen LogP contribution in [0.15, 0.2) is 12.7 Å². The molecule has 0 aromatic carbocycles. The fourth-order valence-corrected chi connectivity index (χ4v) is 1.40. The van der Waals surface area contributed by atoms with Gasteiger partial charge in [-0.05, 0) is 19.3 Å². The molecule has 3 nitrogen and oxygen atoms in total. The summed E-state index contributed by atoms with van der Waals surface area (Å²) in [6, 6.07) is 0.0175. The van der Waals surface area contributed by atoms with Gasteiger partial charge in [-0.25, -0.2) is 0 Å². The molecule has 13 heavy (non-hydrogen) atoms. The lowest BCUT2D eigenvalue weighted by Gasteiger charge is -2.16. The maximum absolute atomic E-state index is 11.5. The molecule has 1 N–H and O–H groups in total. The van der Waals surface area contributed by atoms with Crippen LogP contribution in [0, 0.1) is 5.92 Å². The second-order valence-corrected chi connectivity index (χ2v) is 3.59. The Morgan fingerprint density at radius 3 is 2.92 bits per heavy atom. The molecule has 1 aliphatic heterocycles. The van der Waals surface area contributed by atoms with Gasteiger partial charge in [0.15, 0.2) is 0 Å². The number of carbonyl (C=O) groups is 1. The fourth-order valence-electron chi connectivity index (χ4n) is 1.40. The normalized spacial score (nSPS) is 29.7. The molecule has 1 fully saturated rings. The van der Waals surface area contributed by atoms with Crippen LogP contribution in [-0.2, 0) is 9.53 Å². The van der Waals surface area contributed by atoms with Crippen molar-refractivity contribution in [1.82, 2.24) is 5.32 Å². The average Bonchev–Trinajstić information content (AvgIpc) is 2.51. The van der Waals surface area contributed by atoms with Crippen LogP contribution in [-0.4, -0.2) is 24.7 Å². The third kappa shape index (κ3) is 2.56. The highest BCUT2D eigenvalue weighted by atomic mass is 16.5. The molecular formula is C10H17NO2. The summed E-state index contributed by atoms with van der Waals surface area (Å²) in [5.41, 5.74) is 0. The Morgan fingerprint density at radius 2 is 2.46 bits per heavy atom. The van der Waals surface area contributed by atoms with Crippen LogP contribution in [0.5, 0.6) is 0 Å². The summed E-state index contributed by atoms with van der Waals surface area (Å²) in [4.78, 5) is 11.5. The van der Waals surface area contributed by atoms with Crippen LogP contribution in [0.4, 0.5) is 0 Å². The van der Waals surface area contributed by atoms with E-state index >= 15 is 0 Å². The molecule has 1 aliphatic rings. The van der Waals surface area contributed by atoms with E-state index in [0.29, 0.717) is 12.5 Å². The molecule has 74 valence electrons. The van der Waals surface area contributed by atoms with Crippen LogP contribution in [0.3, 0.4) is 0 Å². The van der Waals surface area contributed by atoms with Crippen LogP contribution in [0.2, 0.25) is 0 Å². The highest BCUT2D eigenvalue weighted by molar-refractivity contribution is 5.81. The van der Waals surface area contributed by atoms with Gasteiger partial charge in [-0.15, -0.1) is 6.58 Å². The summed E-state index contributed by atoms with van der Waals surface area (Å²) in [5.74, 6) is 0.314. The molecule has 0 bridgehead atoms. The Morgan fingerprint density at radius 1 is 1.77 bits per heavy atom. The van der Waals surface area contributed by atoms with Gasteiger partial charge in [-0.3, -0.25) is 4.79 Å². The van der Waals surface area contributed by atoms with Gasteiger partial charge in [0.1, 0.15) is 6.10 Å². The van der Waals surface area contributed by atoms with Crippen molar-refractivity contribution in [2.24, 2.45) is 5.92 Å². The Balaban J connectivity index is 2.42. The van der Waals surface area contributed by atoms with Crippen molar-refractivity contribution < 1.29 is 9.53 Å². The molecule has 1 heterocycles. The van der Waals surface area contributed by atoms with Crippen LogP contribution >= 0.6 is 0 Å². The summed E-state index contributed by atoms with van der Waals surface area (Å²) in [7, 11) is 0. The molecule has 0 spiro atoms. The number of hydrogen-bond donors (Lipinski definition) is 1.